The number of rotatable bonds is 12. The number of para-hydroxylation sites is 1. The third-order valence-corrected chi connectivity index (χ3v) is 4.95. The smallest absolute Gasteiger partial charge is 0.326 e. The molecule has 0 saturated carbocycles. The van der Waals surface area contributed by atoms with Crippen LogP contribution in [0.1, 0.15) is 18.9 Å². The van der Waals surface area contributed by atoms with Crippen LogP contribution in [0.15, 0.2) is 30.5 Å². The van der Waals surface area contributed by atoms with Gasteiger partial charge in [-0.15, -0.1) is 0 Å². The maximum absolute atomic E-state index is 12.9. The number of hydrogen-bond donors (Lipinski definition) is 8. The van der Waals surface area contributed by atoms with Crippen molar-refractivity contribution in [3.63, 3.8) is 0 Å². The molecular weight excluding hydrogens is 450 g/mol. The number of carboxylic acid groups (broad SMARTS) is 2. The van der Waals surface area contributed by atoms with Gasteiger partial charge in [-0.3, -0.25) is 19.2 Å². The highest BCUT2D eigenvalue weighted by atomic mass is 16.4. The molecule has 2 rings (SSSR count). The SMILES string of the molecule is CC(N)C(=O)NC(CO)C(=O)NC(Cc1c[nH]c2ccccc12)C(=O)NC(CC(=O)O)C(=O)O. The average molecular weight is 477 g/mol. The highest BCUT2D eigenvalue weighted by molar-refractivity contribution is 5.95. The molecule has 0 spiro atoms. The molecule has 3 amide bonds. The van der Waals surface area contributed by atoms with E-state index in [-0.39, 0.29) is 6.42 Å². The Kier molecular flexibility index (Phi) is 9.10. The van der Waals surface area contributed by atoms with E-state index in [1.165, 1.54) is 6.92 Å². The Labute approximate surface area is 193 Å². The summed E-state index contributed by atoms with van der Waals surface area (Å²) in [6.07, 6.45) is 0.642. The molecule has 4 atom stereocenters. The van der Waals surface area contributed by atoms with Gasteiger partial charge in [-0.1, -0.05) is 18.2 Å². The Morgan fingerprint density at radius 1 is 0.941 bits per heavy atom. The van der Waals surface area contributed by atoms with E-state index in [0.29, 0.717) is 5.56 Å². The van der Waals surface area contributed by atoms with Crippen LogP contribution in [0.5, 0.6) is 0 Å². The van der Waals surface area contributed by atoms with E-state index >= 15 is 0 Å². The van der Waals surface area contributed by atoms with Gasteiger partial charge in [-0.2, -0.15) is 0 Å². The Balaban J connectivity index is 2.29. The molecule has 0 saturated heterocycles. The summed E-state index contributed by atoms with van der Waals surface area (Å²) in [5.74, 6) is -5.59. The quantitative estimate of drug-likeness (QED) is 0.170. The zero-order chi connectivity index (χ0) is 25.4. The van der Waals surface area contributed by atoms with Gasteiger partial charge in [0, 0.05) is 23.5 Å². The fraction of sp³-hybridized carbons (Fsp3) is 0.381. The first kappa shape index (κ1) is 26.3. The Bertz CT molecular complexity index is 1070. The van der Waals surface area contributed by atoms with Crippen molar-refractivity contribution >= 4 is 40.6 Å². The van der Waals surface area contributed by atoms with E-state index in [9.17, 15) is 34.2 Å². The third-order valence-electron chi connectivity index (χ3n) is 4.95. The lowest BCUT2D eigenvalue weighted by Crippen LogP contribution is -2.58. The number of H-pyrrole nitrogens is 1. The number of aliphatic hydroxyl groups excluding tert-OH is 1. The van der Waals surface area contributed by atoms with Crippen molar-refractivity contribution in [3.05, 3.63) is 36.0 Å². The number of amides is 3. The lowest BCUT2D eigenvalue weighted by atomic mass is 10.0. The van der Waals surface area contributed by atoms with Crippen LogP contribution in [0, 0.1) is 0 Å². The summed E-state index contributed by atoms with van der Waals surface area (Å²) in [6.45, 7) is 0.589. The Hall–Kier alpha value is -3.97. The highest BCUT2D eigenvalue weighted by Gasteiger charge is 2.31. The van der Waals surface area contributed by atoms with Crippen molar-refractivity contribution in [3.8, 4) is 0 Å². The van der Waals surface area contributed by atoms with Crippen molar-refractivity contribution in [1.29, 1.82) is 0 Å². The maximum Gasteiger partial charge on any atom is 0.326 e. The van der Waals surface area contributed by atoms with Crippen LogP contribution in [-0.2, 0) is 30.4 Å². The van der Waals surface area contributed by atoms with Crippen LogP contribution in [0.25, 0.3) is 10.9 Å². The fourth-order valence-corrected chi connectivity index (χ4v) is 3.15. The van der Waals surface area contributed by atoms with Gasteiger partial charge in [-0.05, 0) is 18.6 Å². The number of aliphatic hydroxyl groups is 1. The highest BCUT2D eigenvalue weighted by Crippen LogP contribution is 2.19. The molecule has 0 aliphatic carbocycles. The molecule has 13 nitrogen and oxygen atoms in total. The zero-order valence-electron chi connectivity index (χ0n) is 18.3. The number of nitrogens with one attached hydrogen (secondary N) is 4. The molecule has 1 heterocycles. The number of carboxylic acids is 2. The van der Waals surface area contributed by atoms with Gasteiger partial charge in [0.2, 0.25) is 17.7 Å². The number of aromatic amines is 1. The number of aromatic nitrogens is 1. The molecule has 184 valence electrons. The van der Waals surface area contributed by atoms with Gasteiger partial charge in [0.15, 0.2) is 0 Å². The summed E-state index contributed by atoms with van der Waals surface area (Å²) in [4.78, 5) is 62.8. The van der Waals surface area contributed by atoms with E-state index in [1.807, 2.05) is 0 Å². The number of benzene rings is 1. The summed E-state index contributed by atoms with van der Waals surface area (Å²) in [6, 6.07) is 1.66. The first-order chi connectivity index (χ1) is 16.0. The summed E-state index contributed by atoms with van der Waals surface area (Å²) in [5, 5.41) is 35.2. The minimum Gasteiger partial charge on any atom is -0.481 e. The minimum absolute atomic E-state index is 0.0968. The third kappa shape index (κ3) is 7.02. The van der Waals surface area contributed by atoms with Crippen LogP contribution in [-0.4, -0.2) is 80.7 Å². The molecule has 2 aromatic rings. The lowest BCUT2D eigenvalue weighted by Gasteiger charge is -2.24. The second kappa shape index (κ2) is 11.8. The van der Waals surface area contributed by atoms with E-state index < -0.39 is 66.9 Å². The number of carbonyl (C=O) groups is 5. The van der Waals surface area contributed by atoms with Crippen molar-refractivity contribution < 1.29 is 39.3 Å². The molecule has 9 N–H and O–H groups in total. The Morgan fingerprint density at radius 3 is 2.12 bits per heavy atom. The predicted molar refractivity (Wildman–Crippen MR) is 118 cm³/mol. The minimum atomic E-state index is -1.74. The Morgan fingerprint density at radius 2 is 1.53 bits per heavy atom. The second-order valence-corrected chi connectivity index (χ2v) is 7.65. The standard InChI is InChI=1S/C21H27N5O8/c1-10(22)18(30)26-16(9-27)20(32)24-14(19(31)25-15(21(33)34)7-17(28)29)6-11-8-23-13-5-3-2-4-12(11)13/h2-5,8,10,14-16,23,27H,6-7,9,22H2,1H3,(H,24,32)(H,25,31)(H,26,30)(H,28,29)(H,33,34). The fourth-order valence-electron chi connectivity index (χ4n) is 3.15. The summed E-state index contributed by atoms with van der Waals surface area (Å²) >= 11 is 0. The van der Waals surface area contributed by atoms with Crippen LogP contribution in [0.3, 0.4) is 0 Å². The maximum atomic E-state index is 12.9. The van der Waals surface area contributed by atoms with E-state index in [2.05, 4.69) is 20.9 Å². The molecule has 0 aliphatic rings. The van der Waals surface area contributed by atoms with Gasteiger partial charge in [-0.25, -0.2) is 4.79 Å². The van der Waals surface area contributed by atoms with E-state index in [0.717, 1.165) is 10.9 Å². The molecule has 13 heteroatoms. The molecule has 0 fully saturated rings. The van der Waals surface area contributed by atoms with Gasteiger partial charge in [0.1, 0.15) is 18.1 Å². The average Bonchev–Trinajstić information content (AvgIpc) is 3.18. The molecule has 1 aromatic carbocycles. The monoisotopic (exact) mass is 477 g/mol. The normalized spacial score (nSPS) is 14.4. The van der Waals surface area contributed by atoms with E-state index in [4.69, 9.17) is 10.8 Å². The molecule has 0 aliphatic heterocycles. The van der Waals surface area contributed by atoms with Crippen molar-refractivity contribution in [2.75, 3.05) is 6.61 Å². The van der Waals surface area contributed by atoms with E-state index in [1.54, 1.807) is 30.5 Å². The molecule has 4 unspecified atom stereocenters. The zero-order valence-corrected chi connectivity index (χ0v) is 18.3. The van der Waals surface area contributed by atoms with Crippen molar-refractivity contribution in [1.82, 2.24) is 20.9 Å². The largest absolute Gasteiger partial charge is 0.481 e. The molecule has 0 radical (unpaired) electrons. The van der Waals surface area contributed by atoms with Gasteiger partial charge in [0.05, 0.1) is 19.1 Å². The molecule has 34 heavy (non-hydrogen) atoms. The summed E-state index contributed by atoms with van der Waals surface area (Å²) in [7, 11) is 0. The van der Waals surface area contributed by atoms with Crippen LogP contribution >= 0.6 is 0 Å². The van der Waals surface area contributed by atoms with Gasteiger partial charge >= 0.3 is 11.9 Å². The molecular formula is C21H27N5O8. The molecule has 0 bridgehead atoms. The molecule has 1 aromatic heterocycles. The number of carbonyl (C=O) groups excluding carboxylic acids is 3. The van der Waals surface area contributed by atoms with Gasteiger partial charge < -0.3 is 42.0 Å². The number of hydrogen-bond acceptors (Lipinski definition) is 7. The number of fused-ring (bicyclic) bond motifs is 1. The number of nitrogens with two attached hydrogens (primary N) is 1. The lowest BCUT2D eigenvalue weighted by molar-refractivity contribution is -0.147. The second-order valence-electron chi connectivity index (χ2n) is 7.65. The van der Waals surface area contributed by atoms with Crippen LogP contribution in [0.4, 0.5) is 0 Å². The summed E-state index contributed by atoms with van der Waals surface area (Å²) < 4.78 is 0. The first-order valence-corrected chi connectivity index (χ1v) is 10.3. The van der Waals surface area contributed by atoms with Gasteiger partial charge in [0.25, 0.3) is 0 Å². The van der Waals surface area contributed by atoms with Crippen LogP contribution < -0.4 is 21.7 Å². The first-order valence-electron chi connectivity index (χ1n) is 10.3. The van der Waals surface area contributed by atoms with Crippen LogP contribution in [0.2, 0.25) is 0 Å². The topological polar surface area (TPSA) is 224 Å². The number of aliphatic carboxylic acids is 2. The predicted octanol–water partition coefficient (Wildman–Crippen LogP) is -1.94. The van der Waals surface area contributed by atoms with Crippen molar-refractivity contribution in [2.24, 2.45) is 5.73 Å². The van der Waals surface area contributed by atoms with Crippen molar-refractivity contribution in [2.45, 2.75) is 43.9 Å². The summed E-state index contributed by atoms with van der Waals surface area (Å²) in [5.41, 5.74) is 6.83.